The van der Waals surface area contributed by atoms with Crippen molar-refractivity contribution in [3.05, 3.63) is 51.4 Å². The SMILES string of the molecule is Cc1cccc(Cn2c(N)nc3cc(I)ccc32)n1. The molecule has 0 saturated heterocycles. The summed E-state index contributed by atoms with van der Waals surface area (Å²) in [5.41, 5.74) is 9.98. The lowest BCUT2D eigenvalue weighted by Crippen LogP contribution is -2.06. The Kier molecular flexibility index (Phi) is 3.14. The van der Waals surface area contributed by atoms with Crippen molar-refractivity contribution >= 4 is 39.6 Å². The summed E-state index contributed by atoms with van der Waals surface area (Å²) < 4.78 is 3.15. The minimum Gasteiger partial charge on any atom is -0.369 e. The van der Waals surface area contributed by atoms with Gasteiger partial charge in [-0.15, -0.1) is 0 Å². The standard InChI is InChI=1S/C14H13IN4/c1-9-3-2-4-11(17-9)8-19-13-6-5-10(15)7-12(13)18-14(19)16/h2-7H,8H2,1H3,(H2,16,18). The Hall–Kier alpha value is -1.63. The van der Waals surface area contributed by atoms with E-state index in [0.29, 0.717) is 12.5 Å². The summed E-state index contributed by atoms with van der Waals surface area (Å²) in [5.74, 6) is 0.528. The van der Waals surface area contributed by atoms with Crippen LogP contribution in [0.5, 0.6) is 0 Å². The minimum atomic E-state index is 0.528. The second-order valence-electron chi connectivity index (χ2n) is 4.46. The number of nitrogens with zero attached hydrogens (tertiary/aromatic N) is 3. The molecule has 0 aliphatic heterocycles. The van der Waals surface area contributed by atoms with E-state index in [-0.39, 0.29) is 0 Å². The summed E-state index contributed by atoms with van der Waals surface area (Å²) in [4.78, 5) is 8.91. The lowest BCUT2D eigenvalue weighted by atomic mass is 10.3. The Bertz CT molecular complexity index is 748. The van der Waals surface area contributed by atoms with Crippen molar-refractivity contribution in [2.24, 2.45) is 0 Å². The molecule has 0 fully saturated rings. The molecule has 3 aromatic rings. The Balaban J connectivity index is 2.07. The van der Waals surface area contributed by atoms with Gasteiger partial charge in [0.2, 0.25) is 5.95 Å². The fourth-order valence-electron chi connectivity index (χ4n) is 2.14. The van der Waals surface area contributed by atoms with E-state index in [1.165, 1.54) is 0 Å². The van der Waals surface area contributed by atoms with E-state index in [0.717, 1.165) is 26.0 Å². The number of benzene rings is 1. The van der Waals surface area contributed by atoms with E-state index in [2.05, 4.69) is 44.7 Å². The smallest absolute Gasteiger partial charge is 0.201 e. The molecule has 19 heavy (non-hydrogen) atoms. The van der Waals surface area contributed by atoms with Crippen molar-refractivity contribution in [3.8, 4) is 0 Å². The van der Waals surface area contributed by atoms with Crippen molar-refractivity contribution in [1.29, 1.82) is 0 Å². The number of hydrogen-bond donors (Lipinski definition) is 1. The third-order valence-electron chi connectivity index (χ3n) is 3.01. The molecule has 0 radical (unpaired) electrons. The van der Waals surface area contributed by atoms with Gasteiger partial charge < -0.3 is 10.3 Å². The van der Waals surface area contributed by atoms with Crippen LogP contribution in [0.3, 0.4) is 0 Å². The molecule has 3 rings (SSSR count). The highest BCUT2D eigenvalue weighted by atomic mass is 127. The molecule has 1 aromatic carbocycles. The molecular weight excluding hydrogens is 351 g/mol. The monoisotopic (exact) mass is 364 g/mol. The van der Waals surface area contributed by atoms with E-state index in [4.69, 9.17) is 5.73 Å². The minimum absolute atomic E-state index is 0.528. The van der Waals surface area contributed by atoms with Gasteiger partial charge in [-0.1, -0.05) is 6.07 Å². The highest BCUT2D eigenvalue weighted by Crippen LogP contribution is 2.21. The third-order valence-corrected chi connectivity index (χ3v) is 3.68. The van der Waals surface area contributed by atoms with Crippen LogP contribution < -0.4 is 5.73 Å². The van der Waals surface area contributed by atoms with Crippen molar-refractivity contribution in [1.82, 2.24) is 14.5 Å². The fraction of sp³-hybridized carbons (Fsp3) is 0.143. The summed E-state index contributed by atoms with van der Waals surface area (Å²) in [6.45, 7) is 2.63. The first-order chi connectivity index (χ1) is 9.13. The Morgan fingerprint density at radius 2 is 2.05 bits per heavy atom. The number of aromatic nitrogens is 3. The van der Waals surface area contributed by atoms with Crippen LogP contribution in [-0.4, -0.2) is 14.5 Å². The van der Waals surface area contributed by atoms with E-state index in [9.17, 15) is 0 Å². The second kappa shape index (κ2) is 4.80. The van der Waals surface area contributed by atoms with Gasteiger partial charge in [0.1, 0.15) is 0 Å². The summed E-state index contributed by atoms with van der Waals surface area (Å²) in [6.07, 6.45) is 0. The number of hydrogen-bond acceptors (Lipinski definition) is 3. The van der Waals surface area contributed by atoms with Gasteiger partial charge in [-0.05, 0) is 59.8 Å². The van der Waals surface area contributed by atoms with E-state index in [1.54, 1.807) is 0 Å². The number of nitrogens with two attached hydrogens (primary N) is 1. The van der Waals surface area contributed by atoms with Crippen LogP contribution in [0.1, 0.15) is 11.4 Å². The average molecular weight is 364 g/mol. The van der Waals surface area contributed by atoms with Gasteiger partial charge >= 0.3 is 0 Å². The predicted molar refractivity (Wildman–Crippen MR) is 84.9 cm³/mol. The maximum atomic E-state index is 6.01. The highest BCUT2D eigenvalue weighted by Gasteiger charge is 2.09. The molecule has 2 N–H and O–H groups in total. The molecule has 96 valence electrons. The fourth-order valence-corrected chi connectivity index (χ4v) is 2.61. The maximum Gasteiger partial charge on any atom is 0.201 e. The van der Waals surface area contributed by atoms with Crippen molar-refractivity contribution in [3.63, 3.8) is 0 Å². The number of rotatable bonds is 2. The van der Waals surface area contributed by atoms with Gasteiger partial charge in [-0.2, -0.15) is 0 Å². The van der Waals surface area contributed by atoms with Crippen LogP contribution in [0.15, 0.2) is 36.4 Å². The van der Waals surface area contributed by atoms with Crippen LogP contribution in [0, 0.1) is 10.5 Å². The Morgan fingerprint density at radius 3 is 2.84 bits per heavy atom. The number of aryl methyl sites for hydroxylation is 1. The first kappa shape index (κ1) is 12.4. The van der Waals surface area contributed by atoms with Crippen molar-refractivity contribution in [2.75, 3.05) is 5.73 Å². The molecule has 2 heterocycles. The van der Waals surface area contributed by atoms with Crippen LogP contribution in [0.4, 0.5) is 5.95 Å². The van der Waals surface area contributed by atoms with Gasteiger partial charge in [0, 0.05) is 9.26 Å². The Labute approximate surface area is 124 Å². The zero-order valence-corrected chi connectivity index (χ0v) is 12.6. The summed E-state index contributed by atoms with van der Waals surface area (Å²) in [5, 5.41) is 0. The first-order valence-electron chi connectivity index (χ1n) is 5.97. The summed E-state index contributed by atoms with van der Waals surface area (Å²) >= 11 is 2.27. The largest absolute Gasteiger partial charge is 0.369 e. The van der Waals surface area contributed by atoms with Gasteiger partial charge in [0.15, 0.2) is 0 Å². The molecule has 0 aliphatic carbocycles. The van der Waals surface area contributed by atoms with Gasteiger partial charge in [-0.25, -0.2) is 4.98 Å². The van der Waals surface area contributed by atoms with Gasteiger partial charge in [0.05, 0.1) is 23.3 Å². The molecule has 0 unspecified atom stereocenters. The quantitative estimate of drug-likeness (QED) is 0.712. The molecule has 0 atom stereocenters. The number of anilines is 1. The summed E-state index contributed by atoms with van der Waals surface area (Å²) in [7, 11) is 0. The Morgan fingerprint density at radius 1 is 1.21 bits per heavy atom. The molecule has 4 nitrogen and oxygen atoms in total. The predicted octanol–water partition coefficient (Wildman–Crippen LogP) is 2.97. The number of halogens is 1. The zero-order valence-electron chi connectivity index (χ0n) is 10.5. The van der Waals surface area contributed by atoms with E-state index < -0.39 is 0 Å². The molecule has 0 spiro atoms. The number of pyridine rings is 1. The van der Waals surface area contributed by atoms with Crippen molar-refractivity contribution in [2.45, 2.75) is 13.5 Å². The van der Waals surface area contributed by atoms with Gasteiger partial charge in [-0.3, -0.25) is 4.98 Å². The summed E-state index contributed by atoms with van der Waals surface area (Å²) in [6, 6.07) is 12.1. The molecule has 0 aliphatic rings. The maximum absolute atomic E-state index is 6.01. The molecule has 0 amide bonds. The lowest BCUT2D eigenvalue weighted by Gasteiger charge is -2.06. The van der Waals surface area contributed by atoms with E-state index >= 15 is 0 Å². The number of fused-ring (bicyclic) bond motifs is 1. The normalized spacial score (nSPS) is 11.1. The second-order valence-corrected chi connectivity index (χ2v) is 5.71. The first-order valence-corrected chi connectivity index (χ1v) is 7.05. The van der Waals surface area contributed by atoms with Crippen LogP contribution in [0.2, 0.25) is 0 Å². The molecule has 0 saturated carbocycles. The zero-order chi connectivity index (χ0) is 13.4. The highest BCUT2D eigenvalue weighted by molar-refractivity contribution is 14.1. The van der Waals surface area contributed by atoms with Crippen molar-refractivity contribution < 1.29 is 0 Å². The molecule has 0 bridgehead atoms. The topological polar surface area (TPSA) is 56.7 Å². The lowest BCUT2D eigenvalue weighted by molar-refractivity contribution is 0.804. The third kappa shape index (κ3) is 2.42. The van der Waals surface area contributed by atoms with E-state index in [1.807, 2.05) is 35.8 Å². The van der Waals surface area contributed by atoms with Gasteiger partial charge in [0.25, 0.3) is 0 Å². The molecule has 5 heteroatoms. The van der Waals surface area contributed by atoms with Crippen LogP contribution in [-0.2, 0) is 6.54 Å². The number of nitrogen functional groups attached to an aromatic ring is 1. The van der Waals surface area contributed by atoms with Crippen LogP contribution >= 0.6 is 22.6 Å². The number of imidazole rings is 1. The van der Waals surface area contributed by atoms with Crippen LogP contribution in [0.25, 0.3) is 11.0 Å². The molecular formula is C14H13IN4. The average Bonchev–Trinajstić information content (AvgIpc) is 2.65. The molecule has 2 aromatic heterocycles.